The Balaban J connectivity index is 0.000000359. The number of rotatable bonds is 7. The molecule has 0 saturated carbocycles. The van der Waals surface area contributed by atoms with Gasteiger partial charge in [-0.25, -0.2) is 19.2 Å². The molecule has 43 heavy (non-hydrogen) atoms. The number of carboxylic acid groups (broad SMARTS) is 4. The molecule has 2 aromatic rings. The van der Waals surface area contributed by atoms with E-state index in [-0.39, 0.29) is 6.10 Å². The van der Waals surface area contributed by atoms with Crippen LogP contribution in [0.25, 0.3) is 0 Å². The van der Waals surface area contributed by atoms with Crippen LogP contribution >= 0.6 is 0 Å². The maximum absolute atomic E-state index is 10.6. The van der Waals surface area contributed by atoms with E-state index in [1.165, 1.54) is 16.7 Å². The molecule has 2 atom stereocenters. The summed E-state index contributed by atoms with van der Waals surface area (Å²) in [5, 5.41) is 40.1. The molecule has 14 nitrogen and oxygen atoms in total. The Morgan fingerprint density at radius 2 is 1.44 bits per heavy atom. The molecule has 2 aliphatic heterocycles. The highest BCUT2D eigenvalue weighted by Crippen LogP contribution is 2.33. The average Bonchev–Trinajstić information content (AvgIpc) is 3.46. The molecule has 2 aromatic carbocycles. The van der Waals surface area contributed by atoms with Gasteiger partial charge in [-0.1, -0.05) is 30.3 Å². The number of benzene rings is 2. The third kappa shape index (κ3) is 10.8. The number of hydrogen-bond acceptors (Lipinski definition) is 10. The number of aliphatic carboxylic acids is 4. The number of ether oxygens (including phenoxy) is 3. The summed E-state index contributed by atoms with van der Waals surface area (Å²) in [7, 11) is 0. The molecule has 0 amide bonds. The lowest BCUT2D eigenvalue weighted by Gasteiger charge is -2.36. The zero-order valence-electron chi connectivity index (χ0n) is 23.5. The van der Waals surface area contributed by atoms with Gasteiger partial charge in [0, 0.05) is 39.3 Å². The van der Waals surface area contributed by atoms with E-state index in [1.807, 2.05) is 6.07 Å². The maximum Gasteiger partial charge on any atom is 0.414 e. The molecule has 2 unspecified atom stereocenters. The summed E-state index contributed by atoms with van der Waals surface area (Å²) in [6, 6.07) is 14.7. The third-order valence-electron chi connectivity index (χ3n) is 6.95. The number of hydrogen-bond donors (Lipinski definition) is 5. The van der Waals surface area contributed by atoms with E-state index in [0.717, 1.165) is 63.5 Å². The highest BCUT2D eigenvalue weighted by molar-refractivity contribution is 6.27. The number of carboxylic acids is 4. The first-order valence-corrected chi connectivity index (χ1v) is 13.7. The number of fused-ring (bicyclic) bond motifs is 2. The molecule has 234 valence electrons. The van der Waals surface area contributed by atoms with E-state index in [2.05, 4.69) is 46.2 Å². The van der Waals surface area contributed by atoms with Crippen molar-refractivity contribution < 1.29 is 58.9 Å². The quantitative estimate of drug-likeness (QED) is 0.283. The lowest BCUT2D eigenvalue weighted by molar-refractivity contribution is -0.159. The van der Waals surface area contributed by atoms with Crippen molar-refractivity contribution in [3.63, 3.8) is 0 Å². The molecule has 1 fully saturated rings. The number of aliphatic hydroxyl groups excluding tert-OH is 1. The fraction of sp³-hybridized carbons (Fsp3) is 0.448. The summed E-state index contributed by atoms with van der Waals surface area (Å²) in [6.45, 7) is 6.23. The minimum Gasteiger partial charge on any atom is -0.473 e. The maximum atomic E-state index is 10.6. The Hall–Kier alpha value is -4.24. The van der Waals surface area contributed by atoms with Crippen LogP contribution < -0.4 is 9.47 Å². The molecule has 0 aromatic heterocycles. The van der Waals surface area contributed by atoms with Crippen LogP contribution in [0.5, 0.6) is 11.5 Å². The van der Waals surface area contributed by atoms with Gasteiger partial charge in [-0.3, -0.25) is 9.80 Å². The minimum absolute atomic E-state index is 0.123. The van der Waals surface area contributed by atoms with E-state index >= 15 is 0 Å². The average molecular weight is 605 g/mol. The summed E-state index contributed by atoms with van der Waals surface area (Å²) in [6.07, 6.45) is 3.01. The summed E-state index contributed by atoms with van der Waals surface area (Å²) in [4.78, 5) is 41.2. The Kier molecular flexibility index (Phi) is 12.7. The van der Waals surface area contributed by atoms with E-state index in [4.69, 9.17) is 53.8 Å². The van der Waals surface area contributed by atoms with Crippen molar-refractivity contribution in [2.75, 3.05) is 46.1 Å². The molecule has 0 radical (unpaired) electrons. The smallest absolute Gasteiger partial charge is 0.414 e. The fourth-order valence-electron chi connectivity index (χ4n) is 4.89. The van der Waals surface area contributed by atoms with Crippen LogP contribution in [-0.2, 0) is 36.9 Å². The van der Waals surface area contributed by atoms with Gasteiger partial charge in [0.25, 0.3) is 0 Å². The largest absolute Gasteiger partial charge is 0.473 e. The Labute approximate surface area is 247 Å². The molecule has 0 bridgehead atoms. The van der Waals surface area contributed by atoms with E-state index in [9.17, 15) is 5.11 Å². The van der Waals surface area contributed by atoms with Gasteiger partial charge in [0.15, 0.2) is 11.5 Å². The van der Waals surface area contributed by atoms with Crippen molar-refractivity contribution in [1.29, 1.82) is 0 Å². The summed E-state index contributed by atoms with van der Waals surface area (Å²) in [5.74, 6) is -5.61. The summed E-state index contributed by atoms with van der Waals surface area (Å²) >= 11 is 0. The molecule has 0 spiro atoms. The van der Waals surface area contributed by atoms with Crippen LogP contribution in [0.15, 0.2) is 42.5 Å². The van der Waals surface area contributed by atoms with Gasteiger partial charge >= 0.3 is 23.9 Å². The van der Waals surface area contributed by atoms with Crippen molar-refractivity contribution in [3.8, 4) is 11.5 Å². The van der Waals surface area contributed by atoms with Crippen molar-refractivity contribution in [3.05, 3.63) is 59.2 Å². The molecule has 3 aliphatic rings. The SMILES string of the molecule is O=C(O)C(=O)O.O=C(O)C(=O)O.OC(COC1CCCc2ccccc21)CN1CCN(Cc2ccc3c(c2)OCO3)CC1. The zero-order chi connectivity index (χ0) is 31.4. The van der Waals surface area contributed by atoms with E-state index < -0.39 is 30.0 Å². The second kappa shape index (κ2) is 16.4. The molecular weight excluding hydrogens is 568 g/mol. The number of piperazine rings is 1. The monoisotopic (exact) mass is 604 g/mol. The van der Waals surface area contributed by atoms with E-state index in [1.54, 1.807) is 0 Å². The van der Waals surface area contributed by atoms with Crippen molar-refractivity contribution in [2.24, 2.45) is 0 Å². The van der Waals surface area contributed by atoms with Gasteiger partial charge in [0.2, 0.25) is 6.79 Å². The van der Waals surface area contributed by atoms with Gasteiger partial charge in [0.1, 0.15) is 0 Å². The van der Waals surface area contributed by atoms with Crippen LogP contribution in [-0.4, -0.2) is 111 Å². The van der Waals surface area contributed by atoms with Gasteiger partial charge in [-0.15, -0.1) is 0 Å². The summed E-state index contributed by atoms with van der Waals surface area (Å²) in [5.41, 5.74) is 3.95. The first-order chi connectivity index (χ1) is 20.5. The standard InChI is InChI=1S/C25H32N2O4.2C2H2O4/c28-21(17-29-23-7-3-5-20-4-1-2-6-22(20)23)16-27-12-10-26(11-13-27)15-19-8-9-24-25(14-19)31-18-30-24;2*3-1(4)2(5)6/h1-2,4,6,8-9,14,21,23,28H,3,5,7,10-13,15-18H2;2*(H,3,4)(H,5,6). The first kappa shape index (κ1) is 33.3. The molecule has 1 aliphatic carbocycles. The lowest BCUT2D eigenvalue weighted by atomic mass is 9.89. The number of aryl methyl sites for hydroxylation is 1. The topological polar surface area (TPSA) is 204 Å². The molecule has 5 rings (SSSR count). The van der Waals surface area contributed by atoms with Gasteiger partial charge in [-0.2, -0.15) is 0 Å². The number of β-amino-alcohol motifs (C(OH)–C–C–N with tert-alkyl or cyclic N) is 1. The van der Waals surface area contributed by atoms with Gasteiger partial charge in [-0.05, 0) is 48.1 Å². The van der Waals surface area contributed by atoms with Crippen molar-refractivity contribution >= 4 is 23.9 Å². The lowest BCUT2D eigenvalue weighted by Crippen LogP contribution is -2.48. The summed E-state index contributed by atoms with van der Waals surface area (Å²) < 4.78 is 17.0. The van der Waals surface area contributed by atoms with Crippen LogP contribution in [0.3, 0.4) is 0 Å². The number of aliphatic hydroxyl groups is 1. The fourth-order valence-corrected chi connectivity index (χ4v) is 4.89. The van der Waals surface area contributed by atoms with Gasteiger partial charge < -0.3 is 39.7 Å². The second-order valence-corrected chi connectivity index (χ2v) is 10.1. The normalized spacial score (nSPS) is 18.1. The minimum atomic E-state index is -1.82. The molecule has 1 saturated heterocycles. The third-order valence-corrected chi connectivity index (χ3v) is 6.95. The van der Waals surface area contributed by atoms with E-state index in [0.29, 0.717) is 19.9 Å². The van der Waals surface area contributed by atoms with Crippen molar-refractivity contribution in [2.45, 2.75) is 38.0 Å². The Bertz CT molecular complexity index is 1210. The van der Waals surface area contributed by atoms with Crippen LogP contribution in [0.1, 0.15) is 35.6 Å². The van der Waals surface area contributed by atoms with Crippen LogP contribution in [0, 0.1) is 0 Å². The van der Waals surface area contributed by atoms with Crippen molar-refractivity contribution in [1.82, 2.24) is 9.80 Å². The number of nitrogens with zero attached hydrogens (tertiary/aromatic N) is 2. The Morgan fingerprint density at radius 1 is 0.837 bits per heavy atom. The number of carbonyl (C=O) groups is 4. The Morgan fingerprint density at radius 3 is 2.09 bits per heavy atom. The highest BCUT2D eigenvalue weighted by Gasteiger charge is 2.24. The molecular formula is C29H36N2O12. The molecule has 2 heterocycles. The predicted octanol–water partition coefficient (Wildman–Crippen LogP) is 1.30. The molecule has 14 heteroatoms. The first-order valence-electron chi connectivity index (χ1n) is 13.7. The molecule has 5 N–H and O–H groups in total. The van der Waals surface area contributed by atoms with Gasteiger partial charge in [0.05, 0.1) is 18.8 Å². The second-order valence-electron chi connectivity index (χ2n) is 10.1. The van der Waals surface area contributed by atoms with Crippen LogP contribution in [0.4, 0.5) is 0 Å². The predicted molar refractivity (Wildman–Crippen MR) is 149 cm³/mol. The highest BCUT2D eigenvalue weighted by atomic mass is 16.7. The zero-order valence-corrected chi connectivity index (χ0v) is 23.5. The van der Waals surface area contributed by atoms with Crippen LogP contribution in [0.2, 0.25) is 0 Å².